The van der Waals surface area contributed by atoms with Crippen molar-refractivity contribution < 1.29 is 4.79 Å². The summed E-state index contributed by atoms with van der Waals surface area (Å²) < 4.78 is 0. The number of amides is 1. The molecule has 100 valence electrons. The standard InChI is InChI=1S/C16H15N3O/c17-16(18)19(14-9-5-2-6-10-14)15(20)12-11-13-7-3-1-4-8-13/h1-12H,(H3,17,18). The molecule has 1 amide bonds. The van der Waals surface area contributed by atoms with Crippen molar-refractivity contribution in [2.75, 3.05) is 4.90 Å². The summed E-state index contributed by atoms with van der Waals surface area (Å²) in [5.41, 5.74) is 6.98. The Labute approximate surface area is 117 Å². The van der Waals surface area contributed by atoms with E-state index in [0.717, 1.165) is 10.5 Å². The molecule has 0 heterocycles. The Morgan fingerprint density at radius 2 is 1.55 bits per heavy atom. The molecule has 2 rings (SSSR count). The predicted molar refractivity (Wildman–Crippen MR) is 81.3 cm³/mol. The van der Waals surface area contributed by atoms with Gasteiger partial charge in [-0.05, 0) is 23.8 Å². The van der Waals surface area contributed by atoms with E-state index in [0.29, 0.717) is 5.69 Å². The predicted octanol–water partition coefficient (Wildman–Crippen LogP) is 2.63. The van der Waals surface area contributed by atoms with E-state index in [1.807, 2.05) is 36.4 Å². The van der Waals surface area contributed by atoms with Crippen molar-refractivity contribution >= 4 is 23.6 Å². The number of carbonyl (C=O) groups is 1. The number of rotatable bonds is 3. The summed E-state index contributed by atoms with van der Waals surface area (Å²) in [6, 6.07) is 18.4. The molecule has 4 nitrogen and oxygen atoms in total. The molecular formula is C16H15N3O. The van der Waals surface area contributed by atoms with Gasteiger partial charge in [0.15, 0.2) is 5.96 Å². The summed E-state index contributed by atoms with van der Waals surface area (Å²) >= 11 is 0. The molecule has 0 aromatic heterocycles. The fourth-order valence-corrected chi connectivity index (χ4v) is 1.77. The minimum absolute atomic E-state index is 0.307. The van der Waals surface area contributed by atoms with E-state index >= 15 is 0 Å². The smallest absolute Gasteiger partial charge is 0.257 e. The minimum atomic E-state index is -0.354. The van der Waals surface area contributed by atoms with Crippen molar-refractivity contribution in [2.45, 2.75) is 0 Å². The maximum Gasteiger partial charge on any atom is 0.257 e. The summed E-state index contributed by atoms with van der Waals surface area (Å²) in [5, 5.41) is 7.55. The molecule has 20 heavy (non-hydrogen) atoms. The number of nitrogens with two attached hydrogens (primary N) is 1. The van der Waals surface area contributed by atoms with Gasteiger partial charge < -0.3 is 5.73 Å². The first-order chi connectivity index (χ1) is 9.68. The SMILES string of the molecule is N=C(N)N(C(=O)C=Cc1ccccc1)c1ccccc1. The van der Waals surface area contributed by atoms with Gasteiger partial charge in [-0.1, -0.05) is 48.5 Å². The van der Waals surface area contributed by atoms with Crippen LogP contribution in [-0.4, -0.2) is 11.9 Å². The number of hydrogen-bond acceptors (Lipinski definition) is 2. The van der Waals surface area contributed by atoms with Gasteiger partial charge in [-0.15, -0.1) is 0 Å². The van der Waals surface area contributed by atoms with E-state index in [2.05, 4.69) is 0 Å². The lowest BCUT2D eigenvalue weighted by Gasteiger charge is -2.18. The van der Waals surface area contributed by atoms with Gasteiger partial charge in [-0.25, -0.2) is 4.90 Å². The van der Waals surface area contributed by atoms with E-state index in [1.165, 1.54) is 6.08 Å². The fourth-order valence-electron chi connectivity index (χ4n) is 1.77. The number of guanidine groups is 1. The van der Waals surface area contributed by atoms with Crippen molar-refractivity contribution in [3.8, 4) is 0 Å². The highest BCUT2D eigenvalue weighted by molar-refractivity contribution is 6.19. The lowest BCUT2D eigenvalue weighted by molar-refractivity contribution is -0.113. The van der Waals surface area contributed by atoms with Crippen LogP contribution in [0.25, 0.3) is 6.08 Å². The highest BCUT2D eigenvalue weighted by Gasteiger charge is 2.15. The Kier molecular flexibility index (Phi) is 4.29. The van der Waals surface area contributed by atoms with Gasteiger partial charge in [0.05, 0.1) is 5.69 Å². The highest BCUT2D eigenvalue weighted by Crippen LogP contribution is 2.13. The van der Waals surface area contributed by atoms with Gasteiger partial charge in [0.1, 0.15) is 0 Å². The number of nitrogens with zero attached hydrogens (tertiary/aromatic N) is 1. The molecule has 4 heteroatoms. The van der Waals surface area contributed by atoms with Gasteiger partial charge in [-0.3, -0.25) is 10.2 Å². The monoisotopic (exact) mass is 265 g/mol. The van der Waals surface area contributed by atoms with Crippen molar-refractivity contribution in [2.24, 2.45) is 5.73 Å². The van der Waals surface area contributed by atoms with Crippen LogP contribution in [-0.2, 0) is 4.79 Å². The Morgan fingerprint density at radius 3 is 2.10 bits per heavy atom. The Morgan fingerprint density at radius 1 is 1.00 bits per heavy atom. The quantitative estimate of drug-likeness (QED) is 0.509. The second-order valence-electron chi connectivity index (χ2n) is 4.14. The molecule has 0 radical (unpaired) electrons. The first-order valence-electron chi connectivity index (χ1n) is 6.15. The highest BCUT2D eigenvalue weighted by atomic mass is 16.2. The molecule has 2 aromatic carbocycles. The van der Waals surface area contributed by atoms with Gasteiger partial charge in [0.2, 0.25) is 0 Å². The average Bonchev–Trinajstić information content (AvgIpc) is 2.47. The zero-order valence-corrected chi connectivity index (χ0v) is 10.9. The maximum atomic E-state index is 12.2. The summed E-state index contributed by atoms with van der Waals surface area (Å²) in [7, 11) is 0. The third kappa shape index (κ3) is 3.32. The molecule has 0 saturated heterocycles. The summed E-state index contributed by atoms with van der Waals surface area (Å²) in [6.45, 7) is 0. The van der Waals surface area contributed by atoms with Crippen LogP contribution in [0.4, 0.5) is 5.69 Å². The zero-order chi connectivity index (χ0) is 14.4. The second kappa shape index (κ2) is 6.33. The van der Waals surface area contributed by atoms with Crippen molar-refractivity contribution in [3.05, 3.63) is 72.3 Å². The van der Waals surface area contributed by atoms with E-state index < -0.39 is 0 Å². The molecule has 0 fully saturated rings. The van der Waals surface area contributed by atoms with Gasteiger partial charge >= 0.3 is 0 Å². The van der Waals surface area contributed by atoms with E-state index in [9.17, 15) is 4.79 Å². The van der Waals surface area contributed by atoms with Crippen molar-refractivity contribution in [1.82, 2.24) is 0 Å². The summed E-state index contributed by atoms with van der Waals surface area (Å²) in [6.07, 6.45) is 3.10. The lowest BCUT2D eigenvalue weighted by atomic mass is 10.2. The summed E-state index contributed by atoms with van der Waals surface area (Å²) in [5.74, 6) is -0.661. The van der Waals surface area contributed by atoms with Gasteiger partial charge in [0, 0.05) is 6.08 Å². The van der Waals surface area contributed by atoms with Crippen molar-refractivity contribution in [3.63, 3.8) is 0 Å². The van der Waals surface area contributed by atoms with Crippen molar-refractivity contribution in [1.29, 1.82) is 5.41 Å². The Hall–Kier alpha value is -2.88. The fraction of sp³-hybridized carbons (Fsp3) is 0. The number of carbonyl (C=O) groups excluding carboxylic acids is 1. The van der Waals surface area contributed by atoms with Crippen LogP contribution in [0.15, 0.2) is 66.7 Å². The maximum absolute atomic E-state index is 12.2. The lowest BCUT2D eigenvalue weighted by Crippen LogP contribution is -2.40. The molecule has 0 aliphatic carbocycles. The number of nitrogens with one attached hydrogen (secondary N) is 1. The molecule has 0 atom stereocenters. The molecule has 0 bridgehead atoms. The molecule has 0 aliphatic rings. The molecule has 2 aromatic rings. The molecule has 0 unspecified atom stereocenters. The number of benzene rings is 2. The molecule has 0 saturated carbocycles. The second-order valence-corrected chi connectivity index (χ2v) is 4.14. The summed E-state index contributed by atoms with van der Waals surface area (Å²) in [4.78, 5) is 13.3. The van der Waals surface area contributed by atoms with Crippen LogP contribution in [0.2, 0.25) is 0 Å². The van der Waals surface area contributed by atoms with E-state index in [4.69, 9.17) is 11.1 Å². The van der Waals surface area contributed by atoms with Crippen LogP contribution < -0.4 is 10.6 Å². The Bertz CT molecular complexity index is 621. The average molecular weight is 265 g/mol. The first-order valence-corrected chi connectivity index (χ1v) is 6.15. The normalized spacial score (nSPS) is 10.4. The third-order valence-corrected chi connectivity index (χ3v) is 2.69. The van der Waals surface area contributed by atoms with Crippen LogP contribution in [0.5, 0.6) is 0 Å². The molecule has 0 spiro atoms. The van der Waals surface area contributed by atoms with E-state index in [1.54, 1.807) is 30.3 Å². The third-order valence-electron chi connectivity index (χ3n) is 2.69. The van der Waals surface area contributed by atoms with Crippen LogP contribution >= 0.6 is 0 Å². The van der Waals surface area contributed by atoms with E-state index in [-0.39, 0.29) is 11.9 Å². The molecule has 3 N–H and O–H groups in total. The van der Waals surface area contributed by atoms with Gasteiger partial charge in [-0.2, -0.15) is 0 Å². The minimum Gasteiger partial charge on any atom is -0.369 e. The molecular weight excluding hydrogens is 250 g/mol. The van der Waals surface area contributed by atoms with Crippen LogP contribution in [0.1, 0.15) is 5.56 Å². The first kappa shape index (κ1) is 13.5. The van der Waals surface area contributed by atoms with Crippen LogP contribution in [0, 0.1) is 5.41 Å². The Balaban J connectivity index is 2.21. The topological polar surface area (TPSA) is 70.2 Å². The molecule has 0 aliphatic heterocycles. The van der Waals surface area contributed by atoms with Crippen LogP contribution in [0.3, 0.4) is 0 Å². The number of hydrogen-bond donors (Lipinski definition) is 2. The zero-order valence-electron chi connectivity index (χ0n) is 10.9. The number of anilines is 1. The number of para-hydroxylation sites is 1. The largest absolute Gasteiger partial charge is 0.369 e. The van der Waals surface area contributed by atoms with Gasteiger partial charge in [0.25, 0.3) is 5.91 Å².